The molecule has 0 amide bonds. The molecule has 0 radical (unpaired) electrons. The molecule has 2 atom stereocenters. The summed E-state index contributed by atoms with van der Waals surface area (Å²) < 4.78 is 0. The van der Waals surface area contributed by atoms with Crippen molar-refractivity contribution in [1.29, 1.82) is 0 Å². The van der Waals surface area contributed by atoms with Gasteiger partial charge in [0.15, 0.2) is 0 Å². The molecule has 0 aliphatic carbocycles. The van der Waals surface area contributed by atoms with Crippen molar-refractivity contribution in [2.75, 3.05) is 0 Å². The third-order valence-electron chi connectivity index (χ3n) is 0.873. The predicted octanol–water partition coefficient (Wildman–Crippen LogP) is 0.922. The van der Waals surface area contributed by atoms with Crippen LogP contribution in [0.2, 0.25) is 0 Å². The lowest BCUT2D eigenvalue weighted by Crippen LogP contribution is -2.20. The molecular weight excluding hydrogens is 163 g/mol. The van der Waals surface area contributed by atoms with Gasteiger partial charge in [-0.15, -0.1) is 23.2 Å². The molecule has 9 heavy (non-hydrogen) atoms. The van der Waals surface area contributed by atoms with E-state index in [0.717, 1.165) is 0 Å². The van der Waals surface area contributed by atoms with Crippen LogP contribution in [0.4, 0.5) is 0 Å². The molecule has 0 spiro atoms. The van der Waals surface area contributed by atoms with E-state index in [1.807, 2.05) is 0 Å². The second kappa shape index (κ2) is 4.34. The zero-order valence-corrected chi connectivity index (χ0v) is 6.60. The molecule has 0 bridgehead atoms. The van der Waals surface area contributed by atoms with Crippen LogP contribution in [0.5, 0.6) is 0 Å². The van der Waals surface area contributed by atoms with Crippen molar-refractivity contribution in [3.8, 4) is 0 Å². The maximum absolute atomic E-state index is 8.87. The van der Waals surface area contributed by atoms with Gasteiger partial charge in [-0.05, 0) is 6.92 Å². The smallest absolute Gasteiger partial charge is 0.133 e. The van der Waals surface area contributed by atoms with Crippen LogP contribution in [-0.2, 0) is 0 Å². The highest BCUT2D eigenvalue weighted by molar-refractivity contribution is 6.44. The van der Waals surface area contributed by atoms with Crippen LogP contribution in [0.15, 0.2) is 0 Å². The molecule has 0 saturated heterocycles. The fourth-order valence-electron chi connectivity index (χ4n) is 0.452. The lowest BCUT2D eigenvalue weighted by atomic mass is 10.2. The minimum Gasteiger partial charge on any atom is -0.393 e. The molecule has 0 saturated carbocycles. The minimum absolute atomic E-state index is 0.220. The lowest BCUT2D eigenvalue weighted by molar-refractivity contribution is 0.0984. The third-order valence-corrected chi connectivity index (χ3v) is 1.46. The first-order valence-corrected chi connectivity index (χ1v) is 3.55. The number of alkyl halides is 2. The van der Waals surface area contributed by atoms with Crippen molar-refractivity contribution in [3.63, 3.8) is 0 Å². The molecule has 56 valence electrons. The summed E-state index contributed by atoms with van der Waals surface area (Å²) in [7, 11) is 0. The molecular formula is C5H10Cl2O2. The Hall–Kier alpha value is 0.500. The van der Waals surface area contributed by atoms with Gasteiger partial charge in [0.05, 0.1) is 12.2 Å². The third kappa shape index (κ3) is 4.97. The van der Waals surface area contributed by atoms with Crippen molar-refractivity contribution in [1.82, 2.24) is 0 Å². The topological polar surface area (TPSA) is 40.5 Å². The fourth-order valence-corrected chi connectivity index (χ4v) is 0.658. The van der Waals surface area contributed by atoms with Crippen molar-refractivity contribution in [2.24, 2.45) is 0 Å². The first-order valence-electron chi connectivity index (χ1n) is 2.68. The van der Waals surface area contributed by atoms with Crippen molar-refractivity contribution < 1.29 is 10.2 Å². The highest BCUT2D eigenvalue weighted by atomic mass is 35.5. The summed E-state index contributed by atoms with van der Waals surface area (Å²) in [5, 5.41) is 17.6. The maximum atomic E-state index is 8.87. The van der Waals surface area contributed by atoms with E-state index in [1.54, 1.807) is 6.92 Å². The van der Waals surface area contributed by atoms with Crippen molar-refractivity contribution in [3.05, 3.63) is 0 Å². The molecule has 2 unspecified atom stereocenters. The Labute approximate surface area is 64.4 Å². The van der Waals surface area contributed by atoms with Crippen molar-refractivity contribution in [2.45, 2.75) is 30.4 Å². The first-order chi connectivity index (χ1) is 4.04. The van der Waals surface area contributed by atoms with Gasteiger partial charge in [0.25, 0.3) is 0 Å². The molecule has 0 aromatic carbocycles. The molecule has 0 heterocycles. The van der Waals surface area contributed by atoms with Gasteiger partial charge in [-0.1, -0.05) is 0 Å². The van der Waals surface area contributed by atoms with Crippen LogP contribution >= 0.6 is 23.2 Å². The molecule has 0 fully saturated rings. The summed E-state index contributed by atoms with van der Waals surface area (Å²) >= 11 is 10.6. The second-order valence-corrected chi connectivity index (χ2v) is 3.15. The van der Waals surface area contributed by atoms with E-state index in [0.29, 0.717) is 0 Å². The maximum Gasteiger partial charge on any atom is 0.133 e. The molecule has 0 aliphatic heterocycles. The summed E-state index contributed by atoms with van der Waals surface area (Å²) in [6.07, 6.45) is -1.16. The summed E-state index contributed by atoms with van der Waals surface area (Å²) in [4.78, 5) is -0.806. The highest BCUT2D eigenvalue weighted by Gasteiger charge is 2.14. The minimum atomic E-state index is -0.826. The molecule has 2 nitrogen and oxygen atoms in total. The van der Waals surface area contributed by atoms with Gasteiger partial charge in [-0.2, -0.15) is 0 Å². The molecule has 0 aliphatic rings. The van der Waals surface area contributed by atoms with Crippen LogP contribution in [-0.4, -0.2) is 27.3 Å². The van der Waals surface area contributed by atoms with E-state index < -0.39 is 17.0 Å². The Kier molecular flexibility index (Phi) is 4.58. The monoisotopic (exact) mass is 172 g/mol. The SMILES string of the molecule is CC(O)CC(O)C(Cl)Cl. The van der Waals surface area contributed by atoms with E-state index in [9.17, 15) is 0 Å². The van der Waals surface area contributed by atoms with Crippen LogP contribution in [0.25, 0.3) is 0 Å². The summed E-state index contributed by atoms with van der Waals surface area (Å²) in [6, 6.07) is 0. The van der Waals surface area contributed by atoms with Gasteiger partial charge in [0.2, 0.25) is 0 Å². The zero-order chi connectivity index (χ0) is 7.44. The van der Waals surface area contributed by atoms with E-state index in [1.165, 1.54) is 0 Å². The number of hydrogen-bond acceptors (Lipinski definition) is 2. The van der Waals surface area contributed by atoms with Crippen LogP contribution in [0.1, 0.15) is 13.3 Å². The second-order valence-electron chi connectivity index (χ2n) is 1.99. The first kappa shape index (κ1) is 9.50. The Morgan fingerprint density at radius 2 is 1.78 bits per heavy atom. The Morgan fingerprint density at radius 1 is 1.33 bits per heavy atom. The van der Waals surface area contributed by atoms with Gasteiger partial charge in [-0.25, -0.2) is 0 Å². The van der Waals surface area contributed by atoms with Crippen molar-refractivity contribution >= 4 is 23.2 Å². The molecule has 4 heteroatoms. The average molecular weight is 173 g/mol. The molecule has 0 aromatic rings. The van der Waals surface area contributed by atoms with Gasteiger partial charge in [0.1, 0.15) is 4.84 Å². The largest absolute Gasteiger partial charge is 0.393 e. The normalized spacial score (nSPS) is 18.0. The van der Waals surface area contributed by atoms with E-state index in [2.05, 4.69) is 0 Å². The van der Waals surface area contributed by atoms with Gasteiger partial charge < -0.3 is 10.2 Å². The number of halogens is 2. The quantitative estimate of drug-likeness (QED) is 0.623. The highest BCUT2D eigenvalue weighted by Crippen LogP contribution is 2.12. The average Bonchev–Trinajstić information content (AvgIpc) is 1.63. The van der Waals surface area contributed by atoms with Crippen LogP contribution < -0.4 is 0 Å². The van der Waals surface area contributed by atoms with Crippen LogP contribution in [0, 0.1) is 0 Å². The van der Waals surface area contributed by atoms with Crippen LogP contribution in [0.3, 0.4) is 0 Å². The van der Waals surface area contributed by atoms with E-state index in [4.69, 9.17) is 33.4 Å². The zero-order valence-electron chi connectivity index (χ0n) is 5.09. The Morgan fingerprint density at radius 3 is 1.89 bits per heavy atom. The summed E-state index contributed by atoms with van der Waals surface area (Å²) in [5.41, 5.74) is 0. The molecule has 0 aromatic heterocycles. The van der Waals surface area contributed by atoms with E-state index >= 15 is 0 Å². The summed E-state index contributed by atoms with van der Waals surface area (Å²) in [6.45, 7) is 1.57. The fraction of sp³-hybridized carbons (Fsp3) is 1.00. The number of aliphatic hydroxyl groups excluding tert-OH is 2. The lowest BCUT2D eigenvalue weighted by Gasteiger charge is -2.11. The van der Waals surface area contributed by atoms with Gasteiger partial charge in [-0.3, -0.25) is 0 Å². The molecule has 0 rings (SSSR count). The number of rotatable bonds is 3. The number of hydrogen-bond donors (Lipinski definition) is 2. The standard InChI is InChI=1S/C5H10Cl2O2/c1-3(8)2-4(9)5(6)7/h3-5,8-9H,2H2,1H3. The summed E-state index contributed by atoms with van der Waals surface area (Å²) in [5.74, 6) is 0. The molecule has 2 N–H and O–H groups in total. The van der Waals surface area contributed by atoms with Gasteiger partial charge >= 0.3 is 0 Å². The Balaban J connectivity index is 3.38. The number of aliphatic hydroxyl groups is 2. The van der Waals surface area contributed by atoms with Gasteiger partial charge in [0, 0.05) is 6.42 Å². The predicted molar refractivity (Wildman–Crippen MR) is 37.8 cm³/mol. The van der Waals surface area contributed by atoms with E-state index in [-0.39, 0.29) is 6.42 Å². The Bertz CT molecular complexity index is 75.4.